The summed E-state index contributed by atoms with van der Waals surface area (Å²) in [5, 5.41) is 2.64. The van der Waals surface area contributed by atoms with E-state index < -0.39 is 21.2 Å². The zero-order valence-electron chi connectivity index (χ0n) is 14.1. The van der Waals surface area contributed by atoms with Gasteiger partial charge in [-0.2, -0.15) is 0 Å². The van der Waals surface area contributed by atoms with Crippen LogP contribution in [-0.4, -0.2) is 44.4 Å². The van der Waals surface area contributed by atoms with Crippen molar-refractivity contribution in [3.8, 4) is 0 Å². The molecule has 0 aromatic heterocycles. The van der Waals surface area contributed by atoms with E-state index in [1.165, 1.54) is 0 Å². The van der Waals surface area contributed by atoms with Crippen molar-refractivity contribution in [3.63, 3.8) is 0 Å². The molecule has 6 nitrogen and oxygen atoms in total. The van der Waals surface area contributed by atoms with Crippen LogP contribution in [0.15, 0.2) is 30.3 Å². The molecule has 1 saturated carbocycles. The highest BCUT2D eigenvalue weighted by Gasteiger charge is 2.44. The molecule has 0 radical (unpaired) electrons. The first-order chi connectivity index (χ1) is 11.9. The second-order valence-electron chi connectivity index (χ2n) is 6.90. The zero-order chi connectivity index (χ0) is 17.9. The minimum atomic E-state index is -3.05. The second-order valence-corrected chi connectivity index (χ2v) is 9.13. The van der Waals surface area contributed by atoms with Crippen molar-refractivity contribution < 1.29 is 22.7 Å². The summed E-state index contributed by atoms with van der Waals surface area (Å²) in [6, 6.07) is 9.17. The molecular weight excluding hydrogens is 342 g/mol. The number of ether oxygens (including phenoxy) is 1. The first kappa shape index (κ1) is 17.9. The summed E-state index contributed by atoms with van der Waals surface area (Å²) in [5.74, 6) is -0.766. The Morgan fingerprint density at radius 3 is 2.44 bits per heavy atom. The highest BCUT2D eigenvalue weighted by molar-refractivity contribution is 7.91. The molecule has 136 valence electrons. The Morgan fingerprint density at radius 1 is 1.16 bits per heavy atom. The SMILES string of the molecule is O=C(COC(=O)C1(c2ccccc2)CCCC1)N[C@@H]1CCS(=O)(=O)C1. The van der Waals surface area contributed by atoms with Gasteiger partial charge in [-0.25, -0.2) is 8.42 Å². The molecule has 1 aliphatic heterocycles. The molecule has 25 heavy (non-hydrogen) atoms. The van der Waals surface area contributed by atoms with Crippen LogP contribution in [0.25, 0.3) is 0 Å². The van der Waals surface area contributed by atoms with Crippen LogP contribution in [0.3, 0.4) is 0 Å². The number of benzene rings is 1. The van der Waals surface area contributed by atoms with Gasteiger partial charge in [0.25, 0.3) is 5.91 Å². The first-order valence-corrected chi connectivity index (χ1v) is 10.5. The van der Waals surface area contributed by atoms with E-state index in [0.29, 0.717) is 6.42 Å². The fourth-order valence-electron chi connectivity index (χ4n) is 3.79. The van der Waals surface area contributed by atoms with Gasteiger partial charge in [0, 0.05) is 6.04 Å². The highest BCUT2D eigenvalue weighted by Crippen LogP contribution is 2.42. The van der Waals surface area contributed by atoms with Crippen LogP contribution in [0.2, 0.25) is 0 Å². The molecule has 3 rings (SSSR count). The smallest absolute Gasteiger partial charge is 0.317 e. The van der Waals surface area contributed by atoms with Gasteiger partial charge in [-0.15, -0.1) is 0 Å². The standard InChI is InChI=1S/C18H23NO5S/c20-16(19-15-8-11-25(22,23)13-15)12-24-17(21)18(9-4-5-10-18)14-6-2-1-3-7-14/h1-3,6-7,15H,4-5,8-13H2,(H,19,20)/t15-/m1/s1. The molecule has 2 fully saturated rings. The second kappa shape index (κ2) is 7.15. The number of carbonyl (C=O) groups is 2. The number of esters is 1. The molecule has 1 aromatic carbocycles. The van der Waals surface area contributed by atoms with E-state index in [-0.39, 0.29) is 30.1 Å². The summed E-state index contributed by atoms with van der Waals surface area (Å²) >= 11 is 0. The number of rotatable bonds is 5. The van der Waals surface area contributed by atoms with E-state index in [9.17, 15) is 18.0 Å². The van der Waals surface area contributed by atoms with Crippen molar-refractivity contribution >= 4 is 21.7 Å². The molecular formula is C18H23NO5S. The van der Waals surface area contributed by atoms with Crippen LogP contribution >= 0.6 is 0 Å². The molecule has 1 amide bonds. The monoisotopic (exact) mass is 365 g/mol. The Labute approximate surface area is 147 Å². The Bertz CT molecular complexity index is 738. The molecule has 7 heteroatoms. The van der Waals surface area contributed by atoms with Crippen molar-refractivity contribution in [1.29, 1.82) is 0 Å². The van der Waals surface area contributed by atoms with Crippen molar-refractivity contribution in [2.45, 2.75) is 43.6 Å². The van der Waals surface area contributed by atoms with Gasteiger partial charge in [0.2, 0.25) is 0 Å². The molecule has 1 atom stereocenters. The third kappa shape index (κ3) is 4.03. The molecule has 2 aliphatic rings. The minimum absolute atomic E-state index is 0.0410. The summed E-state index contributed by atoms with van der Waals surface area (Å²) in [7, 11) is -3.05. The van der Waals surface area contributed by atoms with Gasteiger partial charge in [-0.05, 0) is 24.8 Å². The predicted molar refractivity (Wildman–Crippen MR) is 92.7 cm³/mol. The minimum Gasteiger partial charge on any atom is -0.455 e. The van der Waals surface area contributed by atoms with E-state index in [4.69, 9.17) is 4.74 Å². The summed E-state index contributed by atoms with van der Waals surface area (Å²) < 4.78 is 28.2. The Balaban J connectivity index is 1.58. The van der Waals surface area contributed by atoms with Gasteiger partial charge in [0.1, 0.15) is 0 Å². The van der Waals surface area contributed by atoms with Gasteiger partial charge in [-0.1, -0.05) is 43.2 Å². The van der Waals surface area contributed by atoms with Crippen LogP contribution < -0.4 is 5.32 Å². The summed E-state index contributed by atoms with van der Waals surface area (Å²) in [4.78, 5) is 24.7. The lowest BCUT2D eigenvalue weighted by Crippen LogP contribution is -2.41. The quantitative estimate of drug-likeness (QED) is 0.796. The summed E-state index contributed by atoms with van der Waals surface area (Å²) in [6.07, 6.45) is 3.76. The third-order valence-electron chi connectivity index (χ3n) is 5.11. The number of sulfone groups is 1. The van der Waals surface area contributed by atoms with Crippen molar-refractivity contribution in [1.82, 2.24) is 5.32 Å². The molecule has 1 aliphatic carbocycles. The average molecular weight is 365 g/mol. The zero-order valence-corrected chi connectivity index (χ0v) is 14.9. The van der Waals surface area contributed by atoms with Gasteiger partial charge in [0.15, 0.2) is 16.4 Å². The Morgan fingerprint density at radius 2 is 1.84 bits per heavy atom. The lowest BCUT2D eigenvalue weighted by Gasteiger charge is -2.27. The molecule has 1 aromatic rings. The molecule has 0 bridgehead atoms. The normalized spacial score (nSPS) is 23.9. The molecule has 0 spiro atoms. The molecule has 1 heterocycles. The topological polar surface area (TPSA) is 89.5 Å². The highest BCUT2D eigenvalue weighted by atomic mass is 32.2. The van der Waals surface area contributed by atoms with Crippen LogP contribution in [0.4, 0.5) is 0 Å². The Hall–Kier alpha value is -1.89. The largest absolute Gasteiger partial charge is 0.455 e. The Kier molecular flexibility index (Phi) is 5.13. The maximum Gasteiger partial charge on any atom is 0.317 e. The van der Waals surface area contributed by atoms with Crippen molar-refractivity contribution in [2.75, 3.05) is 18.1 Å². The molecule has 1 N–H and O–H groups in total. The van der Waals surface area contributed by atoms with Gasteiger partial charge in [-0.3, -0.25) is 9.59 Å². The number of carbonyl (C=O) groups excluding carboxylic acids is 2. The van der Waals surface area contributed by atoms with E-state index >= 15 is 0 Å². The average Bonchev–Trinajstić information content (AvgIpc) is 3.21. The van der Waals surface area contributed by atoms with E-state index in [1.54, 1.807) is 0 Å². The number of hydrogen-bond acceptors (Lipinski definition) is 5. The molecule has 0 unspecified atom stereocenters. The summed E-state index contributed by atoms with van der Waals surface area (Å²) in [6.45, 7) is -0.371. The predicted octanol–water partition coefficient (Wildman–Crippen LogP) is 1.34. The van der Waals surface area contributed by atoms with Crippen LogP contribution in [0, 0.1) is 0 Å². The number of nitrogens with one attached hydrogen (secondary N) is 1. The van der Waals surface area contributed by atoms with Gasteiger partial charge >= 0.3 is 5.97 Å². The lowest BCUT2D eigenvalue weighted by atomic mass is 9.79. The van der Waals surface area contributed by atoms with Gasteiger partial charge in [0.05, 0.1) is 16.9 Å². The fourth-order valence-corrected chi connectivity index (χ4v) is 5.47. The van der Waals surface area contributed by atoms with Crippen LogP contribution in [-0.2, 0) is 29.6 Å². The van der Waals surface area contributed by atoms with Gasteiger partial charge < -0.3 is 10.1 Å². The van der Waals surface area contributed by atoms with E-state index in [1.807, 2.05) is 30.3 Å². The van der Waals surface area contributed by atoms with E-state index in [2.05, 4.69) is 5.32 Å². The first-order valence-electron chi connectivity index (χ1n) is 8.64. The van der Waals surface area contributed by atoms with Crippen molar-refractivity contribution in [3.05, 3.63) is 35.9 Å². The summed E-state index contributed by atoms with van der Waals surface area (Å²) in [5.41, 5.74) is 0.262. The maximum absolute atomic E-state index is 12.7. The number of amides is 1. The van der Waals surface area contributed by atoms with Crippen LogP contribution in [0.5, 0.6) is 0 Å². The number of hydrogen-bond donors (Lipinski definition) is 1. The third-order valence-corrected chi connectivity index (χ3v) is 6.87. The maximum atomic E-state index is 12.7. The molecule has 1 saturated heterocycles. The van der Waals surface area contributed by atoms with Crippen LogP contribution in [0.1, 0.15) is 37.7 Å². The fraction of sp³-hybridized carbons (Fsp3) is 0.556. The van der Waals surface area contributed by atoms with Crippen molar-refractivity contribution in [2.24, 2.45) is 0 Å². The lowest BCUT2D eigenvalue weighted by molar-refractivity contribution is -0.154. The van der Waals surface area contributed by atoms with E-state index in [0.717, 1.165) is 31.2 Å².